The Morgan fingerprint density at radius 3 is 1.25 bits per heavy atom. The molecule has 8 heavy (non-hydrogen) atoms. The molecule has 0 amide bonds. The minimum Gasteiger partial charge on any atom is -0.147 e. The van der Waals surface area contributed by atoms with Gasteiger partial charge in [-0.2, -0.15) is 0 Å². The van der Waals surface area contributed by atoms with Crippen LogP contribution in [0.4, 0.5) is 0 Å². The minimum absolute atomic E-state index is 0. The van der Waals surface area contributed by atoms with Gasteiger partial charge in [-0.05, 0) is 0 Å². The maximum Gasteiger partial charge on any atom is -0.0536 e. The standard InChI is InChI=1S/C6H14.BrH.ClH/c1-3-5-6-4-2;;/h3-6H2,1-2H3;2*1H. The van der Waals surface area contributed by atoms with E-state index in [0.29, 0.717) is 0 Å². The molecular formula is C6H16BrCl. The zero-order valence-electron chi connectivity index (χ0n) is 5.64. The van der Waals surface area contributed by atoms with Crippen molar-refractivity contribution in [1.82, 2.24) is 0 Å². The fourth-order valence-electron chi connectivity index (χ4n) is 0.500. The summed E-state index contributed by atoms with van der Waals surface area (Å²) < 4.78 is 0. The van der Waals surface area contributed by atoms with Gasteiger partial charge < -0.3 is 0 Å². The lowest BCUT2D eigenvalue weighted by Gasteiger charge is -1.86. The minimum atomic E-state index is 0. The van der Waals surface area contributed by atoms with Crippen LogP contribution in [0.15, 0.2) is 0 Å². The molecule has 2 heteroatoms. The normalized spacial score (nSPS) is 6.75. The van der Waals surface area contributed by atoms with Crippen molar-refractivity contribution in [2.45, 2.75) is 39.5 Å². The van der Waals surface area contributed by atoms with Crippen LogP contribution in [-0.4, -0.2) is 0 Å². The third-order valence-electron chi connectivity index (χ3n) is 0.957. The van der Waals surface area contributed by atoms with E-state index in [0.717, 1.165) is 0 Å². The lowest BCUT2D eigenvalue weighted by molar-refractivity contribution is 0.702. The van der Waals surface area contributed by atoms with Crippen LogP contribution in [-0.2, 0) is 0 Å². The molecule has 0 unspecified atom stereocenters. The maximum absolute atomic E-state index is 2.23. The number of hydrogen-bond acceptors (Lipinski definition) is 0. The summed E-state index contributed by atoms with van der Waals surface area (Å²) in [5.74, 6) is 0. The molecule has 0 radical (unpaired) electrons. The maximum atomic E-state index is 2.23. The molecule has 0 bridgehead atoms. The first kappa shape index (κ1) is 15.9. The van der Waals surface area contributed by atoms with E-state index in [9.17, 15) is 0 Å². The Kier molecular flexibility index (Phi) is 31.1. The summed E-state index contributed by atoms with van der Waals surface area (Å²) in [6.07, 6.45) is 5.54. The highest BCUT2D eigenvalue weighted by Gasteiger charge is 1.75. The Balaban J connectivity index is -0.000000125. The molecule has 0 saturated carbocycles. The van der Waals surface area contributed by atoms with Crippen LogP contribution in [0.2, 0.25) is 0 Å². The van der Waals surface area contributed by atoms with Crippen LogP contribution in [0.3, 0.4) is 0 Å². The van der Waals surface area contributed by atoms with Gasteiger partial charge in [0.25, 0.3) is 0 Å². The molecule has 0 aromatic rings. The molecule has 54 valence electrons. The molecule has 0 rings (SSSR count). The summed E-state index contributed by atoms with van der Waals surface area (Å²) in [5.41, 5.74) is 0. The van der Waals surface area contributed by atoms with E-state index in [4.69, 9.17) is 0 Å². The molecule has 0 aliphatic heterocycles. The van der Waals surface area contributed by atoms with Crippen molar-refractivity contribution in [3.8, 4) is 0 Å². The zero-order valence-corrected chi connectivity index (χ0v) is 8.17. The Morgan fingerprint density at radius 2 is 1.12 bits per heavy atom. The third kappa shape index (κ3) is 15.9. The smallest absolute Gasteiger partial charge is 0.0536 e. The van der Waals surface area contributed by atoms with Gasteiger partial charge in [-0.15, -0.1) is 29.4 Å². The van der Waals surface area contributed by atoms with Gasteiger partial charge in [-0.3, -0.25) is 0 Å². The number of halogens is 2. The average Bonchev–Trinajstić information content (AvgIpc) is 1.61. The Hall–Kier alpha value is 0.770. The van der Waals surface area contributed by atoms with Crippen LogP contribution in [0, 0.1) is 0 Å². The first-order valence-electron chi connectivity index (χ1n) is 2.91. The topological polar surface area (TPSA) is 0 Å². The second-order valence-electron chi connectivity index (χ2n) is 1.71. The molecule has 0 atom stereocenters. The first-order valence-corrected chi connectivity index (χ1v) is 2.91. The molecule has 0 saturated heterocycles. The molecule has 0 spiro atoms. The van der Waals surface area contributed by atoms with Crippen molar-refractivity contribution in [1.29, 1.82) is 0 Å². The van der Waals surface area contributed by atoms with Gasteiger partial charge in [0, 0.05) is 0 Å². The van der Waals surface area contributed by atoms with Gasteiger partial charge in [-0.25, -0.2) is 0 Å². The van der Waals surface area contributed by atoms with E-state index in [2.05, 4.69) is 13.8 Å². The number of hydrogen-bond donors (Lipinski definition) is 0. The summed E-state index contributed by atoms with van der Waals surface area (Å²) in [6.45, 7) is 4.46. The average molecular weight is 204 g/mol. The van der Waals surface area contributed by atoms with Crippen molar-refractivity contribution in [2.75, 3.05) is 0 Å². The van der Waals surface area contributed by atoms with Crippen molar-refractivity contribution < 1.29 is 0 Å². The lowest BCUT2D eigenvalue weighted by Crippen LogP contribution is -1.66. The monoisotopic (exact) mass is 202 g/mol. The highest BCUT2D eigenvalue weighted by atomic mass is 79.9. The molecule has 0 aromatic heterocycles. The van der Waals surface area contributed by atoms with Crippen molar-refractivity contribution in [2.24, 2.45) is 0 Å². The molecule has 0 nitrogen and oxygen atoms in total. The molecule has 0 N–H and O–H groups in total. The summed E-state index contributed by atoms with van der Waals surface area (Å²) in [6, 6.07) is 0. The molecule has 0 heterocycles. The lowest BCUT2D eigenvalue weighted by atomic mass is 10.2. The largest absolute Gasteiger partial charge is 0.147 e. The van der Waals surface area contributed by atoms with E-state index >= 15 is 0 Å². The van der Waals surface area contributed by atoms with E-state index in [1.807, 2.05) is 0 Å². The van der Waals surface area contributed by atoms with Crippen molar-refractivity contribution in [3.63, 3.8) is 0 Å². The van der Waals surface area contributed by atoms with Crippen molar-refractivity contribution >= 4 is 29.4 Å². The van der Waals surface area contributed by atoms with Crippen LogP contribution < -0.4 is 0 Å². The van der Waals surface area contributed by atoms with Crippen LogP contribution in [0.1, 0.15) is 39.5 Å². The molecular weight excluding hydrogens is 187 g/mol. The highest BCUT2D eigenvalue weighted by molar-refractivity contribution is 8.93. The van der Waals surface area contributed by atoms with Gasteiger partial charge in [0.15, 0.2) is 0 Å². The Labute approximate surface area is 69.2 Å². The van der Waals surface area contributed by atoms with Crippen LogP contribution in [0.5, 0.6) is 0 Å². The van der Waals surface area contributed by atoms with Crippen LogP contribution in [0.25, 0.3) is 0 Å². The first-order chi connectivity index (χ1) is 2.91. The second-order valence-corrected chi connectivity index (χ2v) is 1.71. The second kappa shape index (κ2) is 15.7. The predicted molar refractivity (Wildman–Crippen MR) is 47.4 cm³/mol. The molecule has 0 aliphatic carbocycles. The van der Waals surface area contributed by atoms with Gasteiger partial charge in [-0.1, -0.05) is 39.5 Å². The van der Waals surface area contributed by atoms with Gasteiger partial charge in [0.05, 0.1) is 0 Å². The predicted octanol–water partition coefficient (Wildman–Crippen LogP) is 3.59. The zero-order chi connectivity index (χ0) is 4.83. The summed E-state index contributed by atoms with van der Waals surface area (Å²) in [7, 11) is 0. The van der Waals surface area contributed by atoms with E-state index in [-0.39, 0.29) is 29.4 Å². The van der Waals surface area contributed by atoms with Gasteiger partial charge in [0.2, 0.25) is 0 Å². The number of unbranched alkanes of at least 4 members (excludes halogenated alkanes) is 3. The third-order valence-corrected chi connectivity index (χ3v) is 0.957. The molecule has 0 aliphatic rings. The fourth-order valence-corrected chi connectivity index (χ4v) is 0.500. The summed E-state index contributed by atoms with van der Waals surface area (Å²) >= 11 is 0. The summed E-state index contributed by atoms with van der Waals surface area (Å²) in [5, 5.41) is 0. The van der Waals surface area contributed by atoms with Crippen LogP contribution >= 0.6 is 29.4 Å². The highest BCUT2D eigenvalue weighted by Crippen LogP contribution is 1.95. The van der Waals surface area contributed by atoms with E-state index < -0.39 is 0 Å². The van der Waals surface area contributed by atoms with Crippen molar-refractivity contribution in [3.05, 3.63) is 0 Å². The Bertz CT molecular complexity index is 20.5. The van der Waals surface area contributed by atoms with Gasteiger partial charge >= 0.3 is 0 Å². The van der Waals surface area contributed by atoms with Gasteiger partial charge in [0.1, 0.15) is 0 Å². The molecule has 0 fully saturated rings. The number of rotatable bonds is 3. The fraction of sp³-hybridized carbons (Fsp3) is 1.00. The molecule has 0 aromatic carbocycles. The Morgan fingerprint density at radius 1 is 0.875 bits per heavy atom. The van der Waals surface area contributed by atoms with E-state index in [1.165, 1.54) is 25.7 Å². The van der Waals surface area contributed by atoms with E-state index in [1.54, 1.807) is 0 Å². The SMILES string of the molecule is Br.CCCCCC.Cl. The summed E-state index contributed by atoms with van der Waals surface area (Å²) in [4.78, 5) is 0. The quantitative estimate of drug-likeness (QED) is 0.615.